The van der Waals surface area contributed by atoms with Crippen molar-refractivity contribution in [2.45, 2.75) is 13.8 Å². The molecular weight excluding hydrogens is 370 g/mol. The Kier molecular flexibility index (Phi) is 5.04. The van der Waals surface area contributed by atoms with Crippen molar-refractivity contribution in [3.63, 3.8) is 0 Å². The lowest BCUT2D eigenvalue weighted by molar-refractivity contribution is -0.118. The van der Waals surface area contributed by atoms with Gasteiger partial charge < -0.3 is 10.1 Å². The van der Waals surface area contributed by atoms with Gasteiger partial charge in [0.1, 0.15) is 21.1 Å². The van der Waals surface area contributed by atoms with E-state index in [-0.39, 0.29) is 12.5 Å². The lowest BCUT2D eigenvalue weighted by Crippen LogP contribution is -2.20. The van der Waals surface area contributed by atoms with Crippen molar-refractivity contribution in [2.24, 2.45) is 0 Å². The van der Waals surface area contributed by atoms with Gasteiger partial charge in [0.15, 0.2) is 6.61 Å². The van der Waals surface area contributed by atoms with Crippen molar-refractivity contribution < 1.29 is 9.53 Å². The summed E-state index contributed by atoms with van der Waals surface area (Å²) in [6, 6.07) is 17.3. The number of fused-ring (bicyclic) bond motifs is 1. The second kappa shape index (κ2) is 7.78. The molecule has 28 heavy (non-hydrogen) atoms. The predicted octanol–water partition coefficient (Wildman–Crippen LogP) is 4.99. The first-order valence-electron chi connectivity index (χ1n) is 8.90. The number of hydrogen-bond acceptors (Lipinski definition) is 5. The Bertz CT molecular complexity index is 1100. The van der Waals surface area contributed by atoms with Crippen LogP contribution in [0.2, 0.25) is 0 Å². The molecule has 2 heterocycles. The van der Waals surface area contributed by atoms with Crippen molar-refractivity contribution in [1.29, 1.82) is 0 Å². The van der Waals surface area contributed by atoms with Crippen molar-refractivity contribution in [3.8, 4) is 16.3 Å². The molecule has 0 atom stereocenters. The van der Waals surface area contributed by atoms with Gasteiger partial charge in [0.2, 0.25) is 0 Å². The molecule has 0 spiro atoms. The van der Waals surface area contributed by atoms with Crippen LogP contribution in [0.25, 0.3) is 20.9 Å². The Morgan fingerprint density at radius 2 is 1.93 bits per heavy atom. The maximum Gasteiger partial charge on any atom is 0.262 e. The Labute approximate surface area is 167 Å². The maximum absolute atomic E-state index is 12.2. The third-order valence-corrected chi connectivity index (χ3v) is 5.33. The number of carbonyl (C=O) groups excluding carboxylic acids is 1. The number of nitrogens with one attached hydrogen (secondary N) is 1. The molecule has 6 heteroatoms. The topological polar surface area (TPSA) is 64.1 Å². The minimum Gasteiger partial charge on any atom is -0.484 e. The number of rotatable bonds is 5. The molecule has 1 amide bonds. The summed E-state index contributed by atoms with van der Waals surface area (Å²) in [5.74, 6) is 0.484. The summed E-state index contributed by atoms with van der Waals surface area (Å²) in [6.45, 7) is 3.94. The molecule has 0 unspecified atom stereocenters. The molecule has 2 aromatic carbocycles. The molecule has 140 valence electrons. The molecule has 5 nitrogen and oxygen atoms in total. The first-order chi connectivity index (χ1) is 13.6. The van der Waals surface area contributed by atoms with E-state index in [0.717, 1.165) is 37.7 Å². The van der Waals surface area contributed by atoms with Gasteiger partial charge in [-0.15, -0.1) is 0 Å². The van der Waals surface area contributed by atoms with E-state index in [0.29, 0.717) is 5.75 Å². The van der Waals surface area contributed by atoms with Crippen molar-refractivity contribution in [3.05, 3.63) is 71.9 Å². The van der Waals surface area contributed by atoms with E-state index in [1.54, 1.807) is 17.5 Å². The van der Waals surface area contributed by atoms with Crippen LogP contribution in [-0.2, 0) is 4.79 Å². The van der Waals surface area contributed by atoms with E-state index >= 15 is 0 Å². The second-order valence-corrected chi connectivity index (χ2v) is 7.50. The predicted molar refractivity (Wildman–Crippen MR) is 113 cm³/mol. The van der Waals surface area contributed by atoms with Crippen molar-refractivity contribution in [2.75, 3.05) is 11.9 Å². The Morgan fingerprint density at radius 3 is 2.68 bits per heavy atom. The Morgan fingerprint density at radius 1 is 1.11 bits per heavy atom. The molecule has 0 radical (unpaired) electrons. The highest BCUT2D eigenvalue weighted by molar-refractivity contribution is 7.21. The summed E-state index contributed by atoms with van der Waals surface area (Å²) < 4.78 is 5.53. The molecular formula is C22H19N3O2S. The maximum atomic E-state index is 12.2. The molecule has 1 N–H and O–H groups in total. The summed E-state index contributed by atoms with van der Waals surface area (Å²) in [6.07, 6.45) is 1.77. The summed E-state index contributed by atoms with van der Waals surface area (Å²) in [4.78, 5) is 22.1. The summed E-state index contributed by atoms with van der Waals surface area (Å²) in [5.41, 5.74) is 4.78. The van der Waals surface area contributed by atoms with Gasteiger partial charge in [-0.1, -0.05) is 29.0 Å². The number of aromatic nitrogens is 2. The van der Waals surface area contributed by atoms with Gasteiger partial charge in [-0.25, -0.2) is 9.97 Å². The molecule has 4 aromatic rings. The minimum absolute atomic E-state index is 0.0339. The fraction of sp³-hybridized carbons (Fsp3) is 0.136. The van der Waals surface area contributed by atoms with E-state index in [9.17, 15) is 4.79 Å². The van der Waals surface area contributed by atoms with E-state index in [1.807, 2.05) is 68.4 Å². The van der Waals surface area contributed by atoms with Crippen LogP contribution in [-0.4, -0.2) is 22.5 Å². The average Bonchev–Trinajstić information content (AvgIpc) is 3.13. The summed E-state index contributed by atoms with van der Waals surface area (Å²) in [5, 5.41) is 3.82. The van der Waals surface area contributed by atoms with Gasteiger partial charge in [0.25, 0.3) is 5.91 Å². The van der Waals surface area contributed by atoms with Gasteiger partial charge >= 0.3 is 0 Å². The highest BCUT2D eigenvalue weighted by atomic mass is 32.1. The highest BCUT2D eigenvalue weighted by Gasteiger charge is 2.10. The largest absolute Gasteiger partial charge is 0.484 e. The molecule has 0 saturated heterocycles. The molecule has 0 aliphatic carbocycles. The number of ether oxygens (including phenoxy) is 1. The fourth-order valence-corrected chi connectivity index (χ4v) is 3.70. The zero-order valence-electron chi connectivity index (χ0n) is 15.6. The Balaban J connectivity index is 1.43. The van der Waals surface area contributed by atoms with Crippen LogP contribution in [0.1, 0.15) is 11.1 Å². The molecule has 0 aliphatic heterocycles. The zero-order chi connectivity index (χ0) is 19.5. The number of nitrogens with zero attached hydrogens (tertiary/aromatic N) is 2. The summed E-state index contributed by atoms with van der Waals surface area (Å²) >= 11 is 1.56. The number of carbonyl (C=O) groups is 1. The first kappa shape index (κ1) is 18.1. The number of thiazole rings is 1. The average molecular weight is 389 g/mol. The molecule has 4 rings (SSSR count). The molecule has 0 bridgehead atoms. The van der Waals surface area contributed by atoms with Gasteiger partial charge in [0.05, 0.1) is 0 Å². The van der Waals surface area contributed by atoms with Gasteiger partial charge in [-0.3, -0.25) is 4.79 Å². The third kappa shape index (κ3) is 4.02. The van der Waals surface area contributed by atoms with Crippen molar-refractivity contribution in [1.82, 2.24) is 9.97 Å². The van der Waals surface area contributed by atoms with Crippen molar-refractivity contribution >= 4 is 33.3 Å². The van der Waals surface area contributed by atoms with Crippen LogP contribution in [0.4, 0.5) is 5.69 Å². The highest BCUT2D eigenvalue weighted by Crippen LogP contribution is 2.31. The van der Waals surface area contributed by atoms with E-state index in [4.69, 9.17) is 4.74 Å². The quantitative estimate of drug-likeness (QED) is 0.522. The van der Waals surface area contributed by atoms with Gasteiger partial charge in [-0.05, 0) is 61.9 Å². The van der Waals surface area contributed by atoms with Crippen LogP contribution >= 0.6 is 11.3 Å². The number of benzene rings is 2. The zero-order valence-corrected chi connectivity index (χ0v) is 16.4. The monoisotopic (exact) mass is 389 g/mol. The van der Waals surface area contributed by atoms with E-state index in [2.05, 4.69) is 15.3 Å². The molecule has 0 saturated carbocycles. The second-order valence-electron chi connectivity index (χ2n) is 6.53. The molecule has 0 aliphatic rings. The van der Waals surface area contributed by atoms with E-state index in [1.165, 1.54) is 0 Å². The van der Waals surface area contributed by atoms with Crippen LogP contribution in [0.3, 0.4) is 0 Å². The van der Waals surface area contributed by atoms with Gasteiger partial charge in [0, 0.05) is 17.4 Å². The SMILES string of the molecule is Cc1ccc(OCC(=O)Nc2ccc(-c3nc4cccnc4s3)cc2C)cc1. The normalized spacial score (nSPS) is 10.8. The fourth-order valence-electron chi connectivity index (χ4n) is 2.80. The Hall–Kier alpha value is -3.25. The number of amides is 1. The number of anilines is 1. The lowest BCUT2D eigenvalue weighted by Gasteiger charge is -2.10. The van der Waals surface area contributed by atoms with Crippen LogP contribution in [0, 0.1) is 13.8 Å². The van der Waals surface area contributed by atoms with Crippen LogP contribution < -0.4 is 10.1 Å². The minimum atomic E-state index is -0.194. The van der Waals surface area contributed by atoms with E-state index < -0.39 is 0 Å². The smallest absolute Gasteiger partial charge is 0.262 e. The molecule has 0 fully saturated rings. The first-order valence-corrected chi connectivity index (χ1v) is 9.72. The van der Waals surface area contributed by atoms with Crippen LogP contribution in [0.15, 0.2) is 60.8 Å². The number of pyridine rings is 1. The van der Waals surface area contributed by atoms with Crippen LogP contribution in [0.5, 0.6) is 5.75 Å². The third-order valence-electron chi connectivity index (χ3n) is 4.30. The number of hydrogen-bond donors (Lipinski definition) is 1. The lowest BCUT2D eigenvalue weighted by atomic mass is 10.1. The summed E-state index contributed by atoms with van der Waals surface area (Å²) in [7, 11) is 0. The number of aryl methyl sites for hydroxylation is 2. The van der Waals surface area contributed by atoms with Gasteiger partial charge in [-0.2, -0.15) is 0 Å². The standard InChI is InChI=1S/C22H19N3O2S/c1-14-5-8-17(9-6-14)27-13-20(26)24-18-10-7-16(12-15(18)2)21-25-19-4-3-11-23-22(19)28-21/h3-12H,13H2,1-2H3,(H,24,26). The molecule has 2 aromatic heterocycles.